The van der Waals surface area contributed by atoms with Crippen LogP contribution in [0.25, 0.3) is 22.2 Å². The Morgan fingerprint density at radius 2 is 2.16 bits per heavy atom. The second-order valence-electron chi connectivity index (χ2n) is 4.42. The molecular formula is C15H14N2O2. The van der Waals surface area contributed by atoms with Crippen molar-refractivity contribution in [3.63, 3.8) is 0 Å². The molecule has 0 amide bonds. The van der Waals surface area contributed by atoms with Crippen molar-refractivity contribution in [2.45, 2.75) is 6.92 Å². The molecule has 2 aliphatic heterocycles. The van der Waals surface area contributed by atoms with E-state index in [4.69, 9.17) is 4.74 Å². The minimum Gasteiger partial charge on any atom is -0.461 e. The number of carbonyl (C=O) groups excluding carboxylic acids is 1. The van der Waals surface area contributed by atoms with Crippen molar-refractivity contribution < 1.29 is 9.53 Å². The van der Waals surface area contributed by atoms with Crippen molar-refractivity contribution in [2.24, 2.45) is 7.05 Å². The standard InChI is InChI=1S/C15H14N2O2/c1-3-19-15(18)14-8-11-10-6-4-5-7-12(10)16-13(11)9-17(14)2/h4-9H,3H2,1-2H3. The molecule has 0 fully saturated rings. The van der Waals surface area contributed by atoms with Gasteiger partial charge >= 0.3 is 5.97 Å². The van der Waals surface area contributed by atoms with Gasteiger partial charge in [-0.1, -0.05) is 18.2 Å². The lowest BCUT2D eigenvalue weighted by molar-refractivity contribution is 0.0514. The molecule has 4 nitrogen and oxygen atoms in total. The lowest BCUT2D eigenvalue weighted by Crippen LogP contribution is -2.12. The Labute approximate surface area is 111 Å². The van der Waals surface area contributed by atoms with Gasteiger partial charge in [-0.3, -0.25) is 0 Å². The maximum atomic E-state index is 11.9. The van der Waals surface area contributed by atoms with Crippen molar-refractivity contribution >= 4 is 16.9 Å². The molecule has 2 aliphatic rings. The number of ether oxygens (including phenoxy) is 1. The van der Waals surface area contributed by atoms with Gasteiger partial charge in [-0.2, -0.15) is 0 Å². The summed E-state index contributed by atoms with van der Waals surface area (Å²) in [6.07, 6.45) is 1.86. The Balaban J connectivity index is 2.25. The molecule has 0 bridgehead atoms. The highest BCUT2D eigenvalue weighted by molar-refractivity contribution is 5.99. The lowest BCUT2D eigenvalue weighted by Gasteiger charge is -2.10. The van der Waals surface area contributed by atoms with Crippen LogP contribution in [0.3, 0.4) is 0 Å². The zero-order valence-electron chi connectivity index (χ0n) is 10.9. The highest BCUT2D eigenvalue weighted by atomic mass is 16.5. The molecule has 0 aliphatic carbocycles. The number of hydrogen-bond donors (Lipinski definition) is 0. The zero-order chi connectivity index (χ0) is 13.4. The van der Waals surface area contributed by atoms with Crippen LogP contribution in [0, 0.1) is 0 Å². The van der Waals surface area contributed by atoms with E-state index in [1.165, 1.54) is 0 Å². The Morgan fingerprint density at radius 3 is 2.95 bits per heavy atom. The number of hydrogen-bond acceptors (Lipinski definition) is 3. The molecule has 1 aromatic rings. The lowest BCUT2D eigenvalue weighted by atomic mass is 10.1. The first-order valence-corrected chi connectivity index (χ1v) is 6.22. The molecular weight excluding hydrogens is 240 g/mol. The number of aryl methyl sites for hydroxylation is 1. The summed E-state index contributed by atoms with van der Waals surface area (Å²) in [6, 6.07) is 9.77. The van der Waals surface area contributed by atoms with E-state index in [-0.39, 0.29) is 5.97 Å². The zero-order valence-corrected chi connectivity index (χ0v) is 10.9. The number of esters is 1. The van der Waals surface area contributed by atoms with Crippen LogP contribution < -0.4 is 0 Å². The summed E-state index contributed by atoms with van der Waals surface area (Å²) in [5.41, 5.74) is 3.35. The Morgan fingerprint density at radius 1 is 1.37 bits per heavy atom. The fraction of sp³-hybridized carbons (Fsp3) is 0.200. The third kappa shape index (κ3) is 1.85. The highest BCUT2D eigenvalue weighted by Crippen LogP contribution is 2.31. The minimum atomic E-state index is -0.308. The van der Waals surface area contributed by atoms with E-state index in [0.29, 0.717) is 12.3 Å². The van der Waals surface area contributed by atoms with E-state index >= 15 is 0 Å². The van der Waals surface area contributed by atoms with Gasteiger partial charge in [-0.15, -0.1) is 0 Å². The molecule has 0 radical (unpaired) electrons. The third-order valence-corrected chi connectivity index (χ3v) is 3.17. The smallest absolute Gasteiger partial charge is 0.354 e. The van der Waals surface area contributed by atoms with Crippen molar-refractivity contribution in [1.29, 1.82) is 0 Å². The van der Waals surface area contributed by atoms with E-state index in [0.717, 1.165) is 22.2 Å². The first-order valence-electron chi connectivity index (χ1n) is 6.22. The normalized spacial score (nSPS) is 11.1. The second-order valence-corrected chi connectivity index (χ2v) is 4.42. The number of benzene rings is 1. The van der Waals surface area contributed by atoms with E-state index in [1.807, 2.05) is 43.6 Å². The molecule has 3 rings (SSSR count). The van der Waals surface area contributed by atoms with Crippen LogP contribution in [0.5, 0.6) is 0 Å². The third-order valence-electron chi connectivity index (χ3n) is 3.17. The first kappa shape index (κ1) is 11.7. The number of nitrogens with zero attached hydrogens (tertiary/aromatic N) is 2. The molecule has 0 N–H and O–H groups in total. The number of pyridine rings is 1. The number of para-hydroxylation sites is 1. The van der Waals surface area contributed by atoms with Gasteiger partial charge in [-0.05, 0) is 19.1 Å². The largest absolute Gasteiger partial charge is 0.461 e. The maximum absolute atomic E-state index is 11.9. The predicted molar refractivity (Wildman–Crippen MR) is 73.3 cm³/mol. The molecule has 0 atom stereocenters. The molecule has 0 spiro atoms. The molecule has 4 heteroatoms. The molecule has 0 saturated carbocycles. The summed E-state index contributed by atoms with van der Waals surface area (Å²) < 4.78 is 6.82. The average Bonchev–Trinajstić information content (AvgIpc) is 2.75. The molecule has 0 saturated heterocycles. The summed E-state index contributed by atoms with van der Waals surface area (Å²) in [6.45, 7) is 2.17. The van der Waals surface area contributed by atoms with Crippen LogP contribution in [0.1, 0.15) is 17.4 Å². The number of carbonyl (C=O) groups is 1. The van der Waals surface area contributed by atoms with Crippen LogP contribution in [0.15, 0.2) is 36.5 Å². The van der Waals surface area contributed by atoms with Gasteiger partial charge in [0, 0.05) is 24.2 Å². The summed E-state index contributed by atoms with van der Waals surface area (Å²) in [5, 5.41) is 1.06. The SMILES string of the molecule is CCOC(=O)c1cc2c3ccccc3nc-2cn1C. The minimum absolute atomic E-state index is 0.308. The number of fused-ring (bicyclic) bond motifs is 3. The molecule has 19 heavy (non-hydrogen) atoms. The molecule has 2 heterocycles. The van der Waals surface area contributed by atoms with Crippen LogP contribution in [0.2, 0.25) is 0 Å². The Hall–Kier alpha value is -2.36. The van der Waals surface area contributed by atoms with Crippen LogP contribution >= 0.6 is 0 Å². The average molecular weight is 254 g/mol. The molecule has 1 aromatic carbocycles. The molecule has 96 valence electrons. The molecule has 0 unspecified atom stereocenters. The topological polar surface area (TPSA) is 44.1 Å². The van der Waals surface area contributed by atoms with Gasteiger partial charge in [0.2, 0.25) is 0 Å². The van der Waals surface area contributed by atoms with Gasteiger partial charge in [0.1, 0.15) is 5.69 Å². The summed E-state index contributed by atoms with van der Waals surface area (Å²) in [5.74, 6) is -0.308. The van der Waals surface area contributed by atoms with Crippen molar-refractivity contribution in [3.05, 3.63) is 42.2 Å². The van der Waals surface area contributed by atoms with Gasteiger partial charge in [0.05, 0.1) is 17.8 Å². The van der Waals surface area contributed by atoms with Crippen LogP contribution in [0.4, 0.5) is 0 Å². The number of aromatic nitrogens is 2. The monoisotopic (exact) mass is 254 g/mol. The summed E-state index contributed by atoms with van der Waals surface area (Å²) >= 11 is 0. The predicted octanol–water partition coefficient (Wildman–Crippen LogP) is 2.85. The number of rotatable bonds is 2. The summed E-state index contributed by atoms with van der Waals surface area (Å²) in [4.78, 5) is 16.5. The summed E-state index contributed by atoms with van der Waals surface area (Å²) in [7, 11) is 1.82. The van der Waals surface area contributed by atoms with Gasteiger partial charge < -0.3 is 9.30 Å². The Bertz CT molecular complexity index is 730. The van der Waals surface area contributed by atoms with Crippen LogP contribution in [-0.4, -0.2) is 22.1 Å². The second kappa shape index (κ2) is 4.39. The van der Waals surface area contributed by atoms with E-state index in [2.05, 4.69) is 4.98 Å². The fourth-order valence-electron chi connectivity index (χ4n) is 2.28. The van der Waals surface area contributed by atoms with Gasteiger partial charge in [0.25, 0.3) is 0 Å². The quantitative estimate of drug-likeness (QED) is 0.660. The van der Waals surface area contributed by atoms with Gasteiger partial charge in [-0.25, -0.2) is 9.78 Å². The van der Waals surface area contributed by atoms with E-state index in [9.17, 15) is 4.79 Å². The molecule has 0 aromatic heterocycles. The highest BCUT2D eigenvalue weighted by Gasteiger charge is 2.17. The Kier molecular flexibility index (Phi) is 2.71. The van der Waals surface area contributed by atoms with E-state index < -0.39 is 0 Å². The van der Waals surface area contributed by atoms with Gasteiger partial charge in [0.15, 0.2) is 0 Å². The van der Waals surface area contributed by atoms with Crippen molar-refractivity contribution in [1.82, 2.24) is 9.55 Å². The van der Waals surface area contributed by atoms with Crippen molar-refractivity contribution in [3.8, 4) is 11.3 Å². The van der Waals surface area contributed by atoms with E-state index in [1.54, 1.807) is 11.5 Å². The fourth-order valence-corrected chi connectivity index (χ4v) is 2.28. The maximum Gasteiger partial charge on any atom is 0.354 e. The first-order chi connectivity index (χ1) is 9.20. The van der Waals surface area contributed by atoms with Crippen LogP contribution in [-0.2, 0) is 11.8 Å². The van der Waals surface area contributed by atoms with Crippen molar-refractivity contribution in [2.75, 3.05) is 6.61 Å².